The maximum Gasteiger partial charge on any atom is 0.130 e. The molecule has 5 heteroatoms. The van der Waals surface area contributed by atoms with E-state index in [-0.39, 0.29) is 25.8 Å². The first-order valence-electron chi connectivity index (χ1n) is 5.44. The van der Waals surface area contributed by atoms with E-state index in [2.05, 4.69) is 0 Å². The van der Waals surface area contributed by atoms with E-state index in [1.807, 2.05) is 0 Å². The van der Waals surface area contributed by atoms with Gasteiger partial charge < -0.3 is 10.2 Å². The molecule has 0 aliphatic carbocycles. The summed E-state index contributed by atoms with van der Waals surface area (Å²) in [5.41, 5.74) is 0.366. The highest BCUT2D eigenvalue weighted by Crippen LogP contribution is 2.13. The van der Waals surface area contributed by atoms with Gasteiger partial charge in [0.05, 0.1) is 6.61 Å². The van der Waals surface area contributed by atoms with E-state index in [0.29, 0.717) is 12.0 Å². The fraction of sp³-hybridized carbons (Fsp3) is 0.500. The van der Waals surface area contributed by atoms with Gasteiger partial charge in [-0.25, -0.2) is 8.78 Å². The largest absolute Gasteiger partial charge is 0.396 e. The van der Waals surface area contributed by atoms with E-state index in [1.165, 1.54) is 12.1 Å². The van der Waals surface area contributed by atoms with Gasteiger partial charge in [0, 0.05) is 30.8 Å². The molecule has 0 saturated carbocycles. The number of aliphatic hydroxyl groups excluding tert-OH is 2. The molecule has 0 aliphatic rings. The van der Waals surface area contributed by atoms with Crippen molar-refractivity contribution in [2.45, 2.75) is 19.0 Å². The second-order valence-corrected chi connectivity index (χ2v) is 4.00. The van der Waals surface area contributed by atoms with Gasteiger partial charge in [0.2, 0.25) is 0 Å². The Morgan fingerprint density at radius 1 is 1.29 bits per heavy atom. The van der Waals surface area contributed by atoms with Crippen molar-refractivity contribution in [3.63, 3.8) is 0 Å². The third-order valence-electron chi connectivity index (χ3n) is 2.73. The molecule has 2 N–H and O–H groups in total. The van der Waals surface area contributed by atoms with E-state index in [4.69, 9.17) is 10.2 Å². The van der Waals surface area contributed by atoms with Gasteiger partial charge in [-0.3, -0.25) is 4.90 Å². The normalized spacial score (nSPS) is 13.1. The van der Waals surface area contributed by atoms with E-state index in [0.717, 1.165) is 6.07 Å². The van der Waals surface area contributed by atoms with Crippen molar-refractivity contribution in [1.82, 2.24) is 4.90 Å². The molecule has 1 aromatic rings. The number of aliphatic hydroxyl groups is 2. The standard InChI is InChI=1S/C12H17F2NO2/c1-15(11(8-17)4-5-16)7-9-2-3-10(13)6-12(9)14/h2-3,6,11,16-17H,4-5,7-8H2,1H3. The molecule has 0 saturated heterocycles. The van der Waals surface area contributed by atoms with Crippen LogP contribution in [0.25, 0.3) is 0 Å². The maximum atomic E-state index is 13.4. The molecule has 0 bridgehead atoms. The van der Waals surface area contributed by atoms with Crippen molar-refractivity contribution in [2.75, 3.05) is 20.3 Å². The highest BCUT2D eigenvalue weighted by atomic mass is 19.1. The number of likely N-dealkylation sites (N-methyl/N-ethyl adjacent to an activating group) is 1. The minimum atomic E-state index is -0.608. The van der Waals surface area contributed by atoms with Gasteiger partial charge in [-0.2, -0.15) is 0 Å². The first-order valence-corrected chi connectivity index (χ1v) is 5.44. The number of halogens is 2. The van der Waals surface area contributed by atoms with Crippen LogP contribution in [0.5, 0.6) is 0 Å². The topological polar surface area (TPSA) is 43.7 Å². The molecule has 1 atom stereocenters. The quantitative estimate of drug-likeness (QED) is 0.790. The Bertz CT molecular complexity index is 360. The van der Waals surface area contributed by atoms with Crippen LogP contribution in [0.15, 0.2) is 18.2 Å². The summed E-state index contributed by atoms with van der Waals surface area (Å²) >= 11 is 0. The monoisotopic (exact) mass is 245 g/mol. The zero-order valence-electron chi connectivity index (χ0n) is 9.74. The predicted molar refractivity (Wildman–Crippen MR) is 60.4 cm³/mol. The first kappa shape index (κ1) is 14.0. The third-order valence-corrected chi connectivity index (χ3v) is 2.73. The molecule has 0 amide bonds. The molecule has 17 heavy (non-hydrogen) atoms. The summed E-state index contributed by atoms with van der Waals surface area (Å²) in [6.45, 7) is 0.110. The highest BCUT2D eigenvalue weighted by molar-refractivity contribution is 5.18. The van der Waals surface area contributed by atoms with Gasteiger partial charge in [-0.1, -0.05) is 6.07 Å². The fourth-order valence-electron chi connectivity index (χ4n) is 1.65. The lowest BCUT2D eigenvalue weighted by Gasteiger charge is -2.26. The third kappa shape index (κ3) is 4.03. The summed E-state index contributed by atoms with van der Waals surface area (Å²) in [5.74, 6) is -1.21. The van der Waals surface area contributed by atoms with Crippen LogP contribution >= 0.6 is 0 Å². The zero-order valence-corrected chi connectivity index (χ0v) is 9.74. The minimum Gasteiger partial charge on any atom is -0.396 e. The van der Waals surface area contributed by atoms with E-state index >= 15 is 0 Å². The summed E-state index contributed by atoms with van der Waals surface area (Å²) < 4.78 is 26.1. The van der Waals surface area contributed by atoms with Crippen LogP contribution in [0.3, 0.4) is 0 Å². The Morgan fingerprint density at radius 2 is 2.00 bits per heavy atom. The summed E-state index contributed by atoms with van der Waals surface area (Å²) in [6, 6.07) is 3.19. The smallest absolute Gasteiger partial charge is 0.130 e. The minimum absolute atomic E-state index is 0.0402. The van der Waals surface area contributed by atoms with E-state index < -0.39 is 11.6 Å². The van der Waals surface area contributed by atoms with Gasteiger partial charge >= 0.3 is 0 Å². The molecule has 1 unspecified atom stereocenters. The Morgan fingerprint density at radius 3 is 2.53 bits per heavy atom. The second-order valence-electron chi connectivity index (χ2n) is 4.00. The summed E-state index contributed by atoms with van der Waals surface area (Å²) in [4.78, 5) is 1.73. The van der Waals surface area contributed by atoms with Crippen molar-refractivity contribution in [3.8, 4) is 0 Å². The molecule has 3 nitrogen and oxygen atoms in total. The number of benzene rings is 1. The average Bonchev–Trinajstić information content (AvgIpc) is 2.29. The average molecular weight is 245 g/mol. The number of hydrogen-bond donors (Lipinski definition) is 2. The van der Waals surface area contributed by atoms with Crippen LogP contribution in [0.4, 0.5) is 8.78 Å². The molecule has 0 radical (unpaired) electrons. The van der Waals surface area contributed by atoms with Crippen LogP contribution in [-0.4, -0.2) is 41.4 Å². The molecule has 1 rings (SSSR count). The number of rotatable bonds is 6. The predicted octanol–water partition coefficient (Wildman–Crippen LogP) is 1.14. The molecular weight excluding hydrogens is 228 g/mol. The zero-order chi connectivity index (χ0) is 12.8. The molecule has 0 spiro atoms. The Hall–Kier alpha value is -1.04. The van der Waals surface area contributed by atoms with Crippen LogP contribution in [-0.2, 0) is 6.54 Å². The lowest BCUT2D eigenvalue weighted by atomic mass is 10.1. The molecule has 1 aromatic carbocycles. The van der Waals surface area contributed by atoms with Crippen molar-refractivity contribution < 1.29 is 19.0 Å². The van der Waals surface area contributed by atoms with Gasteiger partial charge in [-0.05, 0) is 19.5 Å². The van der Waals surface area contributed by atoms with Gasteiger partial charge in [0.1, 0.15) is 11.6 Å². The molecule has 96 valence electrons. The first-order chi connectivity index (χ1) is 8.08. The molecular formula is C12H17F2NO2. The summed E-state index contributed by atoms with van der Waals surface area (Å²) in [5, 5.41) is 17.9. The van der Waals surface area contributed by atoms with Gasteiger partial charge in [-0.15, -0.1) is 0 Å². The summed E-state index contributed by atoms with van der Waals surface area (Å²) in [7, 11) is 1.72. The molecule has 0 heterocycles. The number of nitrogens with zero attached hydrogens (tertiary/aromatic N) is 1. The molecule has 0 fully saturated rings. The second kappa shape index (κ2) is 6.64. The lowest BCUT2D eigenvalue weighted by Crippen LogP contribution is -2.35. The van der Waals surface area contributed by atoms with Gasteiger partial charge in [0.25, 0.3) is 0 Å². The van der Waals surface area contributed by atoms with E-state index in [1.54, 1.807) is 11.9 Å². The molecule has 0 aliphatic heterocycles. The maximum absolute atomic E-state index is 13.4. The summed E-state index contributed by atoms with van der Waals surface area (Å²) in [6.07, 6.45) is 0.413. The molecule has 0 aromatic heterocycles. The Kier molecular flexibility index (Phi) is 5.47. The lowest BCUT2D eigenvalue weighted by molar-refractivity contribution is 0.114. The fourth-order valence-corrected chi connectivity index (χ4v) is 1.65. The van der Waals surface area contributed by atoms with Crippen LogP contribution < -0.4 is 0 Å². The Balaban J connectivity index is 2.69. The van der Waals surface area contributed by atoms with Crippen molar-refractivity contribution in [1.29, 1.82) is 0 Å². The van der Waals surface area contributed by atoms with Crippen molar-refractivity contribution >= 4 is 0 Å². The van der Waals surface area contributed by atoms with Crippen LogP contribution in [0.1, 0.15) is 12.0 Å². The van der Waals surface area contributed by atoms with Crippen LogP contribution in [0.2, 0.25) is 0 Å². The Labute approximate surface area is 99.3 Å². The van der Waals surface area contributed by atoms with Crippen LogP contribution in [0, 0.1) is 11.6 Å². The number of hydrogen-bond acceptors (Lipinski definition) is 3. The van der Waals surface area contributed by atoms with Gasteiger partial charge in [0.15, 0.2) is 0 Å². The van der Waals surface area contributed by atoms with Crippen molar-refractivity contribution in [2.24, 2.45) is 0 Å². The highest BCUT2D eigenvalue weighted by Gasteiger charge is 2.15. The SMILES string of the molecule is CN(Cc1ccc(F)cc1F)C(CO)CCO. The van der Waals surface area contributed by atoms with E-state index in [9.17, 15) is 8.78 Å². The van der Waals surface area contributed by atoms with Crippen molar-refractivity contribution in [3.05, 3.63) is 35.4 Å².